The van der Waals surface area contributed by atoms with Crippen LogP contribution in [-0.2, 0) is 0 Å². The lowest BCUT2D eigenvalue weighted by Gasteiger charge is -2.09. The molecule has 0 radical (unpaired) electrons. The Bertz CT molecular complexity index is 964. The van der Waals surface area contributed by atoms with Gasteiger partial charge in [-0.3, -0.25) is 0 Å². The maximum Gasteiger partial charge on any atom is 0.160 e. The average molecular weight is 466 g/mol. The molecule has 0 bridgehead atoms. The van der Waals surface area contributed by atoms with Crippen molar-refractivity contribution >= 4 is 31.9 Å². The quantitative estimate of drug-likeness (QED) is 0.325. The van der Waals surface area contributed by atoms with Gasteiger partial charge in [-0.05, 0) is 30.3 Å². The summed E-state index contributed by atoms with van der Waals surface area (Å²) < 4.78 is 2.10. The number of rotatable bonds is 3. The van der Waals surface area contributed by atoms with Crippen LogP contribution in [0.3, 0.4) is 0 Å². The molecule has 0 aliphatic heterocycles. The molecule has 4 heteroatoms. The van der Waals surface area contributed by atoms with E-state index in [1.165, 1.54) is 0 Å². The van der Waals surface area contributed by atoms with Crippen molar-refractivity contribution < 1.29 is 0 Å². The van der Waals surface area contributed by atoms with Crippen molar-refractivity contribution in [1.82, 2.24) is 9.97 Å². The van der Waals surface area contributed by atoms with Crippen LogP contribution in [-0.4, -0.2) is 9.97 Å². The predicted octanol–water partition coefficient (Wildman–Crippen LogP) is 7.00. The first-order valence-corrected chi connectivity index (χ1v) is 9.74. The van der Waals surface area contributed by atoms with Crippen molar-refractivity contribution in [3.8, 4) is 33.9 Å². The molecule has 2 nitrogen and oxygen atoms in total. The Kier molecular flexibility index (Phi) is 4.96. The Balaban J connectivity index is 1.89. The molecule has 0 atom stereocenters. The number of halogens is 2. The summed E-state index contributed by atoms with van der Waals surface area (Å²) in [5, 5.41) is 0. The molecule has 0 fully saturated rings. The first-order valence-electron chi connectivity index (χ1n) is 8.15. The van der Waals surface area contributed by atoms with E-state index in [-0.39, 0.29) is 0 Å². The minimum Gasteiger partial charge on any atom is -0.228 e. The van der Waals surface area contributed by atoms with Crippen molar-refractivity contribution in [3.05, 3.63) is 93.9 Å². The highest BCUT2D eigenvalue weighted by atomic mass is 79.9. The van der Waals surface area contributed by atoms with Crippen molar-refractivity contribution in [2.75, 3.05) is 0 Å². The fourth-order valence-corrected chi connectivity index (χ4v) is 3.23. The van der Waals surface area contributed by atoms with Crippen LogP contribution in [0.15, 0.2) is 93.9 Å². The average Bonchev–Trinajstić information content (AvgIpc) is 2.69. The predicted molar refractivity (Wildman–Crippen MR) is 114 cm³/mol. The lowest BCUT2D eigenvalue weighted by Crippen LogP contribution is -1.95. The van der Waals surface area contributed by atoms with Crippen LogP contribution in [0.4, 0.5) is 0 Å². The summed E-state index contributed by atoms with van der Waals surface area (Å²) in [5.41, 5.74) is 4.94. The lowest BCUT2D eigenvalue weighted by molar-refractivity contribution is 1.18. The molecule has 26 heavy (non-hydrogen) atoms. The summed E-state index contributed by atoms with van der Waals surface area (Å²) in [7, 11) is 0. The smallest absolute Gasteiger partial charge is 0.160 e. The number of hydrogen-bond donors (Lipinski definition) is 0. The van der Waals surface area contributed by atoms with Gasteiger partial charge in [0.2, 0.25) is 0 Å². The molecule has 0 spiro atoms. The normalized spacial score (nSPS) is 10.7. The van der Waals surface area contributed by atoms with Gasteiger partial charge >= 0.3 is 0 Å². The summed E-state index contributed by atoms with van der Waals surface area (Å²) >= 11 is 6.98. The van der Waals surface area contributed by atoms with Crippen LogP contribution in [0.5, 0.6) is 0 Å². The third-order valence-corrected chi connectivity index (χ3v) is 5.10. The second kappa shape index (κ2) is 7.52. The Labute approximate surface area is 169 Å². The standard InChI is InChI=1S/C22H14Br2N2/c23-18-10-6-15(7-11-18)20-14-21(16-8-12-19(24)13-9-16)26-22(25-20)17-4-2-1-3-5-17/h1-14H. The second-order valence-corrected chi connectivity index (χ2v) is 7.67. The molecule has 3 aromatic carbocycles. The largest absolute Gasteiger partial charge is 0.228 e. The van der Waals surface area contributed by atoms with E-state index in [0.29, 0.717) is 0 Å². The molecular formula is C22H14Br2N2. The topological polar surface area (TPSA) is 25.8 Å². The molecule has 0 aliphatic rings. The lowest BCUT2D eigenvalue weighted by atomic mass is 10.1. The Hall–Kier alpha value is -2.30. The molecule has 0 saturated heterocycles. The molecule has 1 heterocycles. The van der Waals surface area contributed by atoms with Crippen LogP contribution in [0, 0.1) is 0 Å². The second-order valence-electron chi connectivity index (χ2n) is 5.84. The van der Waals surface area contributed by atoms with Crippen LogP contribution < -0.4 is 0 Å². The van der Waals surface area contributed by atoms with Gasteiger partial charge in [-0.15, -0.1) is 0 Å². The minimum absolute atomic E-state index is 0.726. The van der Waals surface area contributed by atoms with E-state index in [1.807, 2.05) is 60.7 Å². The van der Waals surface area contributed by atoms with E-state index in [2.05, 4.69) is 56.1 Å². The van der Waals surface area contributed by atoms with E-state index in [4.69, 9.17) is 9.97 Å². The summed E-state index contributed by atoms with van der Waals surface area (Å²) in [6, 6.07) is 28.5. The number of hydrogen-bond acceptors (Lipinski definition) is 2. The van der Waals surface area contributed by atoms with Gasteiger partial charge in [-0.2, -0.15) is 0 Å². The zero-order chi connectivity index (χ0) is 17.9. The summed E-state index contributed by atoms with van der Waals surface area (Å²) in [5.74, 6) is 0.726. The maximum atomic E-state index is 4.81. The zero-order valence-corrected chi connectivity index (χ0v) is 16.9. The van der Waals surface area contributed by atoms with E-state index in [9.17, 15) is 0 Å². The van der Waals surface area contributed by atoms with Gasteiger partial charge in [0.1, 0.15) is 0 Å². The fourth-order valence-electron chi connectivity index (χ4n) is 2.70. The Morgan fingerprint density at radius 3 is 1.42 bits per heavy atom. The van der Waals surface area contributed by atoms with Crippen molar-refractivity contribution in [2.24, 2.45) is 0 Å². The first-order chi connectivity index (χ1) is 12.7. The highest BCUT2D eigenvalue weighted by molar-refractivity contribution is 9.10. The molecule has 0 unspecified atom stereocenters. The van der Waals surface area contributed by atoms with Gasteiger partial charge in [-0.25, -0.2) is 9.97 Å². The van der Waals surface area contributed by atoms with Gasteiger partial charge in [0.15, 0.2) is 5.82 Å². The van der Waals surface area contributed by atoms with Gasteiger partial charge in [0, 0.05) is 25.6 Å². The molecule has 0 N–H and O–H groups in total. The van der Waals surface area contributed by atoms with Crippen molar-refractivity contribution in [3.63, 3.8) is 0 Å². The molecular weight excluding hydrogens is 452 g/mol. The molecule has 1 aromatic heterocycles. The highest BCUT2D eigenvalue weighted by Crippen LogP contribution is 2.28. The molecule has 4 rings (SSSR count). The van der Waals surface area contributed by atoms with Gasteiger partial charge in [0.05, 0.1) is 11.4 Å². The number of benzene rings is 3. The highest BCUT2D eigenvalue weighted by Gasteiger charge is 2.10. The van der Waals surface area contributed by atoms with E-state index >= 15 is 0 Å². The third kappa shape index (κ3) is 3.76. The summed E-state index contributed by atoms with van der Waals surface area (Å²) in [4.78, 5) is 9.62. The zero-order valence-electron chi connectivity index (χ0n) is 13.7. The van der Waals surface area contributed by atoms with Gasteiger partial charge in [-0.1, -0.05) is 86.5 Å². The van der Waals surface area contributed by atoms with Crippen LogP contribution in [0.1, 0.15) is 0 Å². The third-order valence-electron chi connectivity index (χ3n) is 4.04. The number of aromatic nitrogens is 2. The molecule has 0 amide bonds. The minimum atomic E-state index is 0.726. The molecule has 0 aliphatic carbocycles. The van der Waals surface area contributed by atoms with Crippen LogP contribution >= 0.6 is 31.9 Å². The fraction of sp³-hybridized carbons (Fsp3) is 0. The SMILES string of the molecule is Brc1ccc(-c2cc(-c3ccc(Br)cc3)nc(-c3ccccc3)n2)cc1. The van der Waals surface area contributed by atoms with Crippen molar-refractivity contribution in [1.29, 1.82) is 0 Å². The van der Waals surface area contributed by atoms with E-state index in [0.717, 1.165) is 42.8 Å². The van der Waals surface area contributed by atoms with E-state index < -0.39 is 0 Å². The molecule has 0 saturated carbocycles. The number of nitrogens with zero attached hydrogens (tertiary/aromatic N) is 2. The van der Waals surface area contributed by atoms with E-state index in [1.54, 1.807) is 0 Å². The van der Waals surface area contributed by atoms with Crippen LogP contribution in [0.2, 0.25) is 0 Å². The van der Waals surface area contributed by atoms with Gasteiger partial charge in [0.25, 0.3) is 0 Å². The molecule has 126 valence electrons. The van der Waals surface area contributed by atoms with Crippen LogP contribution in [0.25, 0.3) is 33.9 Å². The van der Waals surface area contributed by atoms with Crippen molar-refractivity contribution in [2.45, 2.75) is 0 Å². The monoisotopic (exact) mass is 464 g/mol. The van der Waals surface area contributed by atoms with Gasteiger partial charge < -0.3 is 0 Å². The Morgan fingerprint density at radius 2 is 0.962 bits per heavy atom. The summed E-state index contributed by atoms with van der Waals surface area (Å²) in [6.45, 7) is 0. The molecule has 4 aromatic rings. The first kappa shape index (κ1) is 17.1. The maximum absolute atomic E-state index is 4.81. The Morgan fingerprint density at radius 1 is 0.500 bits per heavy atom. The summed E-state index contributed by atoms with van der Waals surface area (Å²) in [6.07, 6.45) is 0.